The molecule has 0 spiro atoms. The highest BCUT2D eigenvalue weighted by Crippen LogP contribution is 2.34. The van der Waals surface area contributed by atoms with Gasteiger partial charge in [0.05, 0.1) is 6.04 Å². The van der Waals surface area contributed by atoms with Crippen molar-refractivity contribution in [1.29, 1.82) is 0 Å². The van der Waals surface area contributed by atoms with Crippen molar-refractivity contribution in [2.45, 2.75) is 18.5 Å². The fraction of sp³-hybridized carbons (Fsp3) is 0.238. The van der Waals surface area contributed by atoms with Gasteiger partial charge in [0.25, 0.3) is 5.91 Å². The van der Waals surface area contributed by atoms with Crippen molar-refractivity contribution < 1.29 is 19.1 Å². The molecule has 2 unspecified atom stereocenters. The Morgan fingerprint density at radius 1 is 1.10 bits per heavy atom. The molecule has 8 heteroatoms. The summed E-state index contributed by atoms with van der Waals surface area (Å²) < 4.78 is 10.6. The molecule has 2 atom stereocenters. The standard InChI is InChI=1S/C21H20N4O4/c26-20(22-15-6-7-18-19(10-15)29-13-28-18)12-24-8-9-25-17(21(24)27)11-16(23-25)14-4-2-1-3-5-14/h1-10,16-17,23H,11-13H2,(H,22,26). The van der Waals surface area contributed by atoms with Crippen LogP contribution in [0.25, 0.3) is 0 Å². The zero-order valence-corrected chi connectivity index (χ0v) is 15.6. The van der Waals surface area contributed by atoms with E-state index >= 15 is 0 Å². The summed E-state index contributed by atoms with van der Waals surface area (Å²) in [6.45, 7) is 0.125. The van der Waals surface area contributed by atoms with Crippen LogP contribution < -0.4 is 20.2 Å². The molecule has 3 heterocycles. The summed E-state index contributed by atoms with van der Waals surface area (Å²) in [5, 5.41) is 4.63. The zero-order valence-electron chi connectivity index (χ0n) is 15.6. The molecule has 2 aromatic rings. The van der Waals surface area contributed by atoms with Gasteiger partial charge in [0.15, 0.2) is 11.5 Å². The number of hydrazine groups is 1. The van der Waals surface area contributed by atoms with E-state index in [1.54, 1.807) is 24.4 Å². The first kappa shape index (κ1) is 17.6. The van der Waals surface area contributed by atoms with Gasteiger partial charge in [-0.1, -0.05) is 30.3 Å². The fourth-order valence-electron chi connectivity index (χ4n) is 3.80. The number of ether oxygens (including phenoxy) is 2. The number of nitrogens with one attached hydrogen (secondary N) is 2. The zero-order chi connectivity index (χ0) is 19.8. The van der Waals surface area contributed by atoms with Gasteiger partial charge in [0, 0.05) is 24.2 Å². The Balaban J connectivity index is 1.22. The lowest BCUT2D eigenvalue weighted by molar-refractivity contribution is -0.137. The van der Waals surface area contributed by atoms with Gasteiger partial charge in [-0.05, 0) is 24.1 Å². The van der Waals surface area contributed by atoms with Gasteiger partial charge in [-0.3, -0.25) is 9.59 Å². The van der Waals surface area contributed by atoms with Gasteiger partial charge in [0.1, 0.15) is 12.6 Å². The first-order chi connectivity index (χ1) is 14.2. The van der Waals surface area contributed by atoms with Crippen molar-refractivity contribution in [1.82, 2.24) is 15.3 Å². The lowest BCUT2D eigenvalue weighted by atomic mass is 10.0. The Bertz CT molecular complexity index is 978. The van der Waals surface area contributed by atoms with Crippen molar-refractivity contribution in [2.24, 2.45) is 0 Å². The number of amides is 2. The Morgan fingerprint density at radius 3 is 2.79 bits per heavy atom. The minimum atomic E-state index is -0.330. The number of nitrogens with zero attached hydrogens (tertiary/aromatic N) is 2. The smallest absolute Gasteiger partial charge is 0.251 e. The Labute approximate surface area is 167 Å². The van der Waals surface area contributed by atoms with Crippen LogP contribution in [0.5, 0.6) is 11.5 Å². The summed E-state index contributed by atoms with van der Waals surface area (Å²) in [4.78, 5) is 26.8. The van der Waals surface area contributed by atoms with E-state index in [0.29, 0.717) is 23.6 Å². The molecule has 148 valence electrons. The van der Waals surface area contributed by atoms with E-state index in [4.69, 9.17) is 9.47 Å². The Hall–Kier alpha value is -3.52. The topological polar surface area (TPSA) is 83.1 Å². The number of carbonyl (C=O) groups excluding carboxylic acids is 2. The van der Waals surface area contributed by atoms with Crippen LogP contribution in [0, 0.1) is 0 Å². The number of hydrogen-bond acceptors (Lipinski definition) is 6. The van der Waals surface area contributed by atoms with Gasteiger partial charge in [0.2, 0.25) is 12.7 Å². The van der Waals surface area contributed by atoms with Crippen LogP contribution in [-0.2, 0) is 9.59 Å². The average Bonchev–Trinajstić information content (AvgIpc) is 3.38. The van der Waals surface area contributed by atoms with Crippen molar-refractivity contribution in [3.8, 4) is 11.5 Å². The minimum Gasteiger partial charge on any atom is -0.454 e. The van der Waals surface area contributed by atoms with E-state index in [1.807, 2.05) is 41.5 Å². The lowest BCUT2D eigenvalue weighted by Crippen LogP contribution is -2.49. The van der Waals surface area contributed by atoms with Crippen LogP contribution in [0.4, 0.5) is 5.69 Å². The minimum absolute atomic E-state index is 0.0515. The van der Waals surface area contributed by atoms with Crippen LogP contribution >= 0.6 is 0 Å². The second-order valence-corrected chi connectivity index (χ2v) is 7.13. The maximum absolute atomic E-state index is 12.9. The molecule has 0 bridgehead atoms. The molecule has 29 heavy (non-hydrogen) atoms. The van der Waals surface area contributed by atoms with Crippen LogP contribution in [0.2, 0.25) is 0 Å². The summed E-state index contributed by atoms with van der Waals surface area (Å²) >= 11 is 0. The molecule has 8 nitrogen and oxygen atoms in total. The quantitative estimate of drug-likeness (QED) is 0.828. The molecule has 0 aromatic heterocycles. The highest BCUT2D eigenvalue weighted by atomic mass is 16.7. The molecule has 0 aliphatic carbocycles. The van der Waals surface area contributed by atoms with Crippen LogP contribution in [-0.4, -0.2) is 41.1 Å². The number of rotatable bonds is 4. The number of anilines is 1. The summed E-state index contributed by atoms with van der Waals surface area (Å²) in [7, 11) is 0. The molecular formula is C21H20N4O4. The third-order valence-corrected chi connectivity index (χ3v) is 5.25. The highest BCUT2D eigenvalue weighted by molar-refractivity contribution is 5.96. The van der Waals surface area contributed by atoms with Crippen molar-refractivity contribution in [2.75, 3.05) is 18.7 Å². The van der Waals surface area contributed by atoms with Crippen LogP contribution in [0.3, 0.4) is 0 Å². The van der Waals surface area contributed by atoms with Gasteiger partial charge < -0.3 is 24.7 Å². The normalized spacial score (nSPS) is 22.0. The third-order valence-electron chi connectivity index (χ3n) is 5.25. The third kappa shape index (κ3) is 3.38. The number of benzene rings is 2. The average molecular weight is 392 g/mol. The maximum Gasteiger partial charge on any atom is 0.251 e. The van der Waals surface area contributed by atoms with Gasteiger partial charge in [-0.15, -0.1) is 0 Å². The van der Waals surface area contributed by atoms with E-state index in [0.717, 1.165) is 5.56 Å². The second kappa shape index (κ2) is 7.14. The van der Waals surface area contributed by atoms with E-state index < -0.39 is 0 Å². The summed E-state index contributed by atoms with van der Waals surface area (Å²) in [5.41, 5.74) is 5.08. The lowest BCUT2D eigenvalue weighted by Gasteiger charge is -2.31. The highest BCUT2D eigenvalue weighted by Gasteiger charge is 2.40. The van der Waals surface area contributed by atoms with Gasteiger partial charge >= 0.3 is 0 Å². The van der Waals surface area contributed by atoms with Crippen molar-refractivity contribution in [3.05, 3.63) is 66.5 Å². The molecule has 3 aliphatic rings. The molecule has 2 N–H and O–H groups in total. The molecule has 1 saturated heterocycles. The summed E-state index contributed by atoms with van der Waals surface area (Å²) in [5.74, 6) is 0.871. The van der Waals surface area contributed by atoms with E-state index in [9.17, 15) is 9.59 Å². The first-order valence-electron chi connectivity index (χ1n) is 9.45. The molecule has 3 aliphatic heterocycles. The van der Waals surface area contributed by atoms with Crippen molar-refractivity contribution in [3.63, 3.8) is 0 Å². The molecule has 0 radical (unpaired) electrons. The first-order valence-corrected chi connectivity index (χ1v) is 9.45. The maximum atomic E-state index is 12.9. The predicted molar refractivity (Wildman–Crippen MR) is 105 cm³/mol. The van der Waals surface area contributed by atoms with E-state index in [-0.39, 0.29) is 37.2 Å². The molecular weight excluding hydrogens is 372 g/mol. The Morgan fingerprint density at radius 2 is 1.93 bits per heavy atom. The molecule has 2 amide bonds. The number of carbonyl (C=O) groups is 2. The van der Waals surface area contributed by atoms with Crippen LogP contribution in [0.15, 0.2) is 60.9 Å². The van der Waals surface area contributed by atoms with Gasteiger partial charge in [-0.25, -0.2) is 5.43 Å². The van der Waals surface area contributed by atoms with E-state index in [2.05, 4.69) is 10.7 Å². The predicted octanol–water partition coefficient (Wildman–Crippen LogP) is 1.99. The fourth-order valence-corrected chi connectivity index (χ4v) is 3.80. The monoisotopic (exact) mass is 392 g/mol. The molecule has 0 saturated carbocycles. The second-order valence-electron chi connectivity index (χ2n) is 7.13. The molecule has 5 rings (SSSR count). The van der Waals surface area contributed by atoms with E-state index in [1.165, 1.54) is 4.90 Å². The number of hydrogen-bond donors (Lipinski definition) is 2. The molecule has 1 fully saturated rings. The number of fused-ring (bicyclic) bond motifs is 2. The largest absolute Gasteiger partial charge is 0.454 e. The van der Waals surface area contributed by atoms with Crippen LogP contribution in [0.1, 0.15) is 18.0 Å². The summed E-state index contributed by atoms with van der Waals surface area (Å²) in [6, 6.07) is 15.0. The van der Waals surface area contributed by atoms with Crippen molar-refractivity contribution >= 4 is 17.5 Å². The SMILES string of the molecule is O=C(CN1C=CN2NC(c3ccccc3)CC2C1=O)Nc1ccc2c(c1)OCO2. The summed E-state index contributed by atoms with van der Waals surface area (Å²) in [6.07, 6.45) is 4.09. The van der Waals surface area contributed by atoms with Gasteiger partial charge in [-0.2, -0.15) is 0 Å². The molecule has 2 aromatic carbocycles. The Kier molecular flexibility index (Phi) is 4.33.